The summed E-state index contributed by atoms with van der Waals surface area (Å²) in [7, 11) is 1.68. The van der Waals surface area contributed by atoms with Crippen molar-refractivity contribution in [3.8, 4) is 11.5 Å². The Bertz CT molecular complexity index is 568. The van der Waals surface area contributed by atoms with Crippen molar-refractivity contribution in [2.24, 2.45) is 0 Å². The highest BCUT2D eigenvalue weighted by atomic mass is 16.5. The topological polar surface area (TPSA) is 30.5 Å². The van der Waals surface area contributed by atoms with Crippen LogP contribution in [0.25, 0.3) is 0 Å². The first-order valence-electron chi connectivity index (χ1n) is 6.49. The van der Waals surface area contributed by atoms with Gasteiger partial charge in [0, 0.05) is 23.7 Å². The molecule has 98 valence electrons. The molecule has 0 spiro atoms. The lowest BCUT2D eigenvalue weighted by atomic mass is 10.0. The van der Waals surface area contributed by atoms with Crippen LogP contribution >= 0.6 is 0 Å². The maximum Gasteiger partial charge on any atom is 0.124 e. The number of ether oxygens (including phenoxy) is 2. The summed E-state index contributed by atoms with van der Waals surface area (Å²) in [6, 6.07) is 16.5. The second kappa shape index (κ2) is 5.22. The van der Waals surface area contributed by atoms with Gasteiger partial charge in [0.2, 0.25) is 0 Å². The van der Waals surface area contributed by atoms with E-state index in [1.165, 1.54) is 5.56 Å². The molecule has 3 rings (SSSR count). The molecular formula is C16H17NO2. The Morgan fingerprint density at radius 3 is 2.95 bits per heavy atom. The van der Waals surface area contributed by atoms with Gasteiger partial charge in [0.25, 0.3) is 0 Å². The summed E-state index contributed by atoms with van der Waals surface area (Å²) in [6.07, 6.45) is 0.966. The Hall–Kier alpha value is -2.16. The van der Waals surface area contributed by atoms with Gasteiger partial charge in [0.05, 0.1) is 19.8 Å². The Kier molecular flexibility index (Phi) is 3.27. The molecule has 1 atom stereocenters. The molecule has 0 bridgehead atoms. The predicted octanol–water partition coefficient (Wildman–Crippen LogP) is 3.63. The van der Waals surface area contributed by atoms with Gasteiger partial charge in [0.15, 0.2) is 0 Å². The molecule has 0 saturated carbocycles. The number of para-hydroxylation sites is 1. The average Bonchev–Trinajstić information content (AvgIpc) is 2.48. The molecule has 1 aliphatic rings. The normalized spacial score (nSPS) is 17.2. The van der Waals surface area contributed by atoms with Gasteiger partial charge in [-0.3, -0.25) is 0 Å². The van der Waals surface area contributed by atoms with Gasteiger partial charge < -0.3 is 14.8 Å². The van der Waals surface area contributed by atoms with Crippen LogP contribution in [0.3, 0.4) is 0 Å². The smallest absolute Gasteiger partial charge is 0.124 e. The van der Waals surface area contributed by atoms with Gasteiger partial charge in [-0.15, -0.1) is 0 Å². The van der Waals surface area contributed by atoms with Gasteiger partial charge in [-0.2, -0.15) is 0 Å². The lowest BCUT2D eigenvalue weighted by molar-refractivity contribution is 0.274. The van der Waals surface area contributed by atoms with Crippen molar-refractivity contribution in [2.75, 3.05) is 19.0 Å². The summed E-state index contributed by atoms with van der Waals surface area (Å²) in [6.45, 7) is 0.749. The summed E-state index contributed by atoms with van der Waals surface area (Å²) in [5.41, 5.74) is 2.29. The number of benzene rings is 2. The van der Waals surface area contributed by atoms with Gasteiger partial charge in [-0.05, 0) is 18.2 Å². The zero-order chi connectivity index (χ0) is 13.1. The van der Waals surface area contributed by atoms with E-state index in [0.29, 0.717) is 0 Å². The number of methoxy groups -OCH3 is 1. The second-order valence-corrected chi connectivity index (χ2v) is 4.60. The Morgan fingerprint density at radius 1 is 1.16 bits per heavy atom. The molecule has 0 aliphatic carbocycles. The summed E-state index contributed by atoms with van der Waals surface area (Å²) in [5.74, 6) is 1.85. The highest BCUT2D eigenvalue weighted by Crippen LogP contribution is 2.34. The Balaban J connectivity index is 1.84. The molecule has 0 amide bonds. The molecule has 0 fully saturated rings. The predicted molar refractivity (Wildman–Crippen MR) is 75.9 cm³/mol. The first-order chi connectivity index (χ1) is 9.36. The molecule has 2 aromatic carbocycles. The summed E-state index contributed by atoms with van der Waals surface area (Å²) in [5, 5.41) is 3.55. The molecule has 1 heterocycles. The molecule has 0 aromatic heterocycles. The zero-order valence-corrected chi connectivity index (χ0v) is 10.9. The highest BCUT2D eigenvalue weighted by molar-refractivity contribution is 5.51. The maximum absolute atomic E-state index is 5.67. The van der Waals surface area contributed by atoms with E-state index in [-0.39, 0.29) is 6.04 Å². The molecular weight excluding hydrogens is 238 g/mol. The molecule has 0 saturated heterocycles. The molecule has 2 aromatic rings. The lowest BCUT2D eigenvalue weighted by Gasteiger charge is -2.27. The van der Waals surface area contributed by atoms with Crippen molar-refractivity contribution in [2.45, 2.75) is 12.5 Å². The van der Waals surface area contributed by atoms with Crippen LogP contribution in [0.1, 0.15) is 18.0 Å². The Morgan fingerprint density at radius 2 is 2.05 bits per heavy atom. The second-order valence-electron chi connectivity index (χ2n) is 4.60. The van der Waals surface area contributed by atoms with Gasteiger partial charge >= 0.3 is 0 Å². The first kappa shape index (κ1) is 11.9. The first-order valence-corrected chi connectivity index (χ1v) is 6.49. The van der Waals surface area contributed by atoms with Crippen molar-refractivity contribution in [3.63, 3.8) is 0 Å². The largest absolute Gasteiger partial charge is 0.497 e. The van der Waals surface area contributed by atoms with Crippen molar-refractivity contribution >= 4 is 5.69 Å². The third kappa shape index (κ3) is 2.50. The minimum atomic E-state index is 0.289. The van der Waals surface area contributed by atoms with E-state index in [4.69, 9.17) is 9.47 Å². The van der Waals surface area contributed by atoms with Crippen molar-refractivity contribution < 1.29 is 9.47 Å². The monoisotopic (exact) mass is 255 g/mol. The SMILES string of the molecule is COc1cccc(NC2CCOc3ccccc32)c1. The van der Waals surface area contributed by atoms with Crippen molar-refractivity contribution in [1.82, 2.24) is 0 Å². The summed E-state index contributed by atoms with van der Waals surface area (Å²) >= 11 is 0. The van der Waals surface area contributed by atoms with E-state index in [1.54, 1.807) is 7.11 Å². The van der Waals surface area contributed by atoms with E-state index >= 15 is 0 Å². The molecule has 3 nitrogen and oxygen atoms in total. The van der Waals surface area contributed by atoms with Crippen LogP contribution in [-0.2, 0) is 0 Å². The minimum absolute atomic E-state index is 0.289. The number of rotatable bonds is 3. The van der Waals surface area contributed by atoms with Crippen LogP contribution in [0.15, 0.2) is 48.5 Å². The minimum Gasteiger partial charge on any atom is -0.497 e. The number of nitrogens with one attached hydrogen (secondary N) is 1. The van der Waals surface area contributed by atoms with Crippen LogP contribution < -0.4 is 14.8 Å². The van der Waals surface area contributed by atoms with Crippen LogP contribution in [0.4, 0.5) is 5.69 Å². The quantitative estimate of drug-likeness (QED) is 0.908. The van der Waals surface area contributed by atoms with Gasteiger partial charge in [0.1, 0.15) is 11.5 Å². The number of hydrogen-bond donors (Lipinski definition) is 1. The number of fused-ring (bicyclic) bond motifs is 1. The standard InChI is InChI=1S/C16H17NO2/c1-18-13-6-4-5-12(11-13)17-15-9-10-19-16-8-3-2-7-14(15)16/h2-8,11,15,17H,9-10H2,1H3. The average molecular weight is 255 g/mol. The van der Waals surface area contributed by atoms with Gasteiger partial charge in [-0.25, -0.2) is 0 Å². The van der Waals surface area contributed by atoms with Crippen LogP contribution in [0.5, 0.6) is 11.5 Å². The van der Waals surface area contributed by atoms with Crippen LogP contribution in [-0.4, -0.2) is 13.7 Å². The van der Waals surface area contributed by atoms with E-state index in [2.05, 4.69) is 17.4 Å². The highest BCUT2D eigenvalue weighted by Gasteiger charge is 2.20. The fourth-order valence-electron chi connectivity index (χ4n) is 2.41. The summed E-state index contributed by atoms with van der Waals surface area (Å²) in [4.78, 5) is 0. The molecule has 1 unspecified atom stereocenters. The fraction of sp³-hybridized carbons (Fsp3) is 0.250. The fourth-order valence-corrected chi connectivity index (χ4v) is 2.41. The van der Waals surface area contributed by atoms with E-state index < -0.39 is 0 Å². The van der Waals surface area contributed by atoms with E-state index in [0.717, 1.165) is 30.2 Å². The lowest BCUT2D eigenvalue weighted by Crippen LogP contribution is -2.20. The van der Waals surface area contributed by atoms with Crippen molar-refractivity contribution in [1.29, 1.82) is 0 Å². The van der Waals surface area contributed by atoms with Crippen molar-refractivity contribution in [3.05, 3.63) is 54.1 Å². The molecule has 0 radical (unpaired) electrons. The molecule has 3 heteroatoms. The number of hydrogen-bond acceptors (Lipinski definition) is 3. The third-order valence-corrected chi connectivity index (χ3v) is 3.37. The maximum atomic E-state index is 5.67. The Labute approximate surface area is 113 Å². The molecule has 1 N–H and O–H groups in total. The zero-order valence-electron chi connectivity index (χ0n) is 10.9. The molecule has 19 heavy (non-hydrogen) atoms. The van der Waals surface area contributed by atoms with Crippen LogP contribution in [0, 0.1) is 0 Å². The van der Waals surface area contributed by atoms with Crippen LogP contribution in [0.2, 0.25) is 0 Å². The molecule has 1 aliphatic heterocycles. The number of anilines is 1. The van der Waals surface area contributed by atoms with E-state index in [9.17, 15) is 0 Å². The van der Waals surface area contributed by atoms with Gasteiger partial charge in [-0.1, -0.05) is 24.3 Å². The van der Waals surface area contributed by atoms with E-state index in [1.807, 2.05) is 36.4 Å². The third-order valence-electron chi connectivity index (χ3n) is 3.37. The summed E-state index contributed by atoms with van der Waals surface area (Å²) < 4.78 is 10.9.